The van der Waals surface area contributed by atoms with Gasteiger partial charge in [0.1, 0.15) is 12.4 Å². The average Bonchev–Trinajstić information content (AvgIpc) is 2.63. The van der Waals surface area contributed by atoms with Crippen LogP contribution in [0, 0.1) is 12.8 Å². The molecule has 3 rings (SSSR count). The van der Waals surface area contributed by atoms with Gasteiger partial charge >= 0.3 is 6.09 Å². The fourth-order valence-corrected chi connectivity index (χ4v) is 3.99. The number of benzene rings is 1. The third-order valence-electron chi connectivity index (χ3n) is 5.10. The zero-order valence-electron chi connectivity index (χ0n) is 17.4. The molecule has 0 radical (unpaired) electrons. The maximum absolute atomic E-state index is 12.8. The van der Waals surface area contributed by atoms with Crippen molar-refractivity contribution in [1.29, 1.82) is 0 Å². The van der Waals surface area contributed by atoms with E-state index in [9.17, 15) is 14.7 Å². The Kier molecular flexibility index (Phi) is 5.50. The fourth-order valence-electron chi connectivity index (χ4n) is 3.99. The van der Waals surface area contributed by atoms with Crippen molar-refractivity contribution in [1.82, 2.24) is 14.9 Å². The van der Waals surface area contributed by atoms with Crippen LogP contribution < -0.4 is 15.6 Å². The number of hydrogen-bond donors (Lipinski definition) is 2. The van der Waals surface area contributed by atoms with Crippen LogP contribution in [0.3, 0.4) is 0 Å². The van der Waals surface area contributed by atoms with Gasteiger partial charge in [0.25, 0.3) is 5.56 Å². The Morgan fingerprint density at radius 2 is 2.03 bits per heavy atom. The molecule has 1 aromatic carbocycles. The lowest BCUT2D eigenvalue weighted by Gasteiger charge is -2.31. The lowest BCUT2D eigenvalue weighted by molar-refractivity contribution is 0.143. The summed E-state index contributed by atoms with van der Waals surface area (Å²) in [7, 11) is 1.73. The molecule has 3 aromatic rings. The zero-order chi connectivity index (χ0) is 21.3. The molecule has 2 heterocycles. The lowest BCUT2D eigenvalue weighted by Crippen LogP contribution is -2.50. The Labute approximate surface area is 169 Å². The number of carbonyl (C=O) groups is 1. The molecule has 7 nitrogen and oxygen atoms in total. The summed E-state index contributed by atoms with van der Waals surface area (Å²) in [5.74, 6) is 0.885. The molecule has 0 aliphatic carbocycles. The Morgan fingerprint density at radius 1 is 1.31 bits per heavy atom. The van der Waals surface area contributed by atoms with Crippen LogP contribution in [-0.2, 0) is 7.05 Å². The van der Waals surface area contributed by atoms with E-state index in [0.29, 0.717) is 29.2 Å². The van der Waals surface area contributed by atoms with Crippen LogP contribution in [-0.4, -0.2) is 32.9 Å². The van der Waals surface area contributed by atoms with E-state index in [1.165, 1.54) is 0 Å². The molecule has 29 heavy (non-hydrogen) atoms. The van der Waals surface area contributed by atoms with E-state index in [-0.39, 0.29) is 12.2 Å². The van der Waals surface area contributed by atoms with Crippen LogP contribution in [0.4, 0.5) is 4.79 Å². The van der Waals surface area contributed by atoms with Crippen LogP contribution in [0.15, 0.2) is 35.3 Å². The monoisotopic (exact) mass is 397 g/mol. The molecular formula is C22H27N3O4. The number of ether oxygens (including phenoxy) is 1. The molecule has 0 fully saturated rings. The molecule has 0 bridgehead atoms. The van der Waals surface area contributed by atoms with Gasteiger partial charge in [-0.15, -0.1) is 0 Å². The number of nitrogens with one attached hydrogen (secondary N) is 1. The second-order valence-electron chi connectivity index (χ2n) is 8.24. The highest BCUT2D eigenvalue weighted by atomic mass is 16.5. The standard InChI is InChI=1S/C22H27N3O4/c1-13(2)11-22(4,24-21(27)28)12-29-15-6-7-16-17-8-9-23-14(3)19(17)20(26)25(5)18(16)10-15/h6-10,13,24H,11-12H2,1-5H3,(H,27,28). The second kappa shape index (κ2) is 7.73. The maximum Gasteiger partial charge on any atom is 0.405 e. The van der Waals surface area contributed by atoms with Crippen LogP contribution >= 0.6 is 0 Å². The van der Waals surface area contributed by atoms with Crippen molar-refractivity contribution >= 4 is 27.8 Å². The van der Waals surface area contributed by atoms with Crippen LogP contribution in [0.2, 0.25) is 0 Å². The normalized spacial score (nSPS) is 13.6. The average molecular weight is 397 g/mol. The fraction of sp³-hybridized carbons (Fsp3) is 0.409. The van der Waals surface area contributed by atoms with E-state index in [1.807, 2.05) is 52.0 Å². The molecular weight excluding hydrogens is 370 g/mol. The summed E-state index contributed by atoms with van der Waals surface area (Å²) in [5.41, 5.74) is 0.636. The van der Waals surface area contributed by atoms with Gasteiger partial charge in [0, 0.05) is 24.7 Å². The van der Waals surface area contributed by atoms with Crippen molar-refractivity contribution in [3.05, 3.63) is 46.5 Å². The number of aromatic nitrogens is 2. The van der Waals surface area contributed by atoms with Crippen molar-refractivity contribution in [2.75, 3.05) is 6.61 Å². The summed E-state index contributed by atoms with van der Waals surface area (Å²) >= 11 is 0. The quantitative estimate of drug-likeness (QED) is 0.616. The summed E-state index contributed by atoms with van der Waals surface area (Å²) in [6, 6.07) is 7.44. The minimum absolute atomic E-state index is 0.104. The number of fused-ring (bicyclic) bond motifs is 3. The molecule has 1 amide bonds. The first-order chi connectivity index (χ1) is 13.6. The molecule has 0 saturated heterocycles. The predicted octanol–water partition coefficient (Wildman–Crippen LogP) is 3.85. The Hall–Kier alpha value is -3.09. The summed E-state index contributed by atoms with van der Waals surface area (Å²) in [4.78, 5) is 28.3. The highest BCUT2D eigenvalue weighted by Crippen LogP contribution is 2.27. The van der Waals surface area contributed by atoms with Crippen molar-refractivity contribution in [2.24, 2.45) is 13.0 Å². The zero-order valence-corrected chi connectivity index (χ0v) is 17.4. The van der Waals surface area contributed by atoms with Crippen molar-refractivity contribution in [2.45, 2.75) is 39.7 Å². The van der Waals surface area contributed by atoms with Crippen molar-refractivity contribution in [3.8, 4) is 5.75 Å². The minimum atomic E-state index is -1.08. The summed E-state index contributed by atoms with van der Waals surface area (Å²) in [6.45, 7) is 7.93. The van der Waals surface area contributed by atoms with E-state index in [1.54, 1.807) is 17.8 Å². The molecule has 154 valence electrons. The van der Waals surface area contributed by atoms with Crippen LogP contribution in [0.1, 0.15) is 32.9 Å². The largest absolute Gasteiger partial charge is 0.491 e. The van der Waals surface area contributed by atoms with Gasteiger partial charge in [0.2, 0.25) is 0 Å². The molecule has 1 atom stereocenters. The Bertz CT molecular complexity index is 1140. The molecule has 7 heteroatoms. The van der Waals surface area contributed by atoms with Gasteiger partial charge in [-0.25, -0.2) is 4.79 Å². The second-order valence-corrected chi connectivity index (χ2v) is 8.24. The minimum Gasteiger partial charge on any atom is -0.491 e. The molecule has 2 aromatic heterocycles. The van der Waals surface area contributed by atoms with Crippen LogP contribution in [0.25, 0.3) is 21.7 Å². The van der Waals surface area contributed by atoms with Gasteiger partial charge < -0.3 is 19.7 Å². The summed E-state index contributed by atoms with van der Waals surface area (Å²) in [5, 5.41) is 14.2. The van der Waals surface area contributed by atoms with E-state index < -0.39 is 11.6 Å². The van der Waals surface area contributed by atoms with E-state index in [4.69, 9.17) is 4.74 Å². The molecule has 0 saturated carbocycles. The smallest absolute Gasteiger partial charge is 0.405 e. The van der Waals surface area contributed by atoms with Gasteiger partial charge in [-0.1, -0.05) is 13.8 Å². The Balaban J connectivity index is 2.00. The number of rotatable bonds is 6. The number of hydrogen-bond acceptors (Lipinski definition) is 4. The number of aryl methyl sites for hydroxylation is 2. The SMILES string of the molecule is Cc1nccc2c1c(=O)n(C)c1cc(OCC(C)(CC(C)C)NC(=O)O)ccc21. The number of carboxylic acid groups (broad SMARTS) is 1. The topological polar surface area (TPSA) is 93.5 Å². The molecule has 0 aliphatic rings. The highest BCUT2D eigenvalue weighted by molar-refractivity contribution is 6.06. The molecule has 0 aliphatic heterocycles. The third kappa shape index (κ3) is 4.18. The van der Waals surface area contributed by atoms with E-state index in [0.717, 1.165) is 16.3 Å². The first-order valence-corrected chi connectivity index (χ1v) is 9.63. The number of pyridine rings is 2. The predicted molar refractivity (Wildman–Crippen MR) is 114 cm³/mol. The van der Waals surface area contributed by atoms with Gasteiger partial charge in [-0.3, -0.25) is 9.78 Å². The number of amides is 1. The summed E-state index contributed by atoms with van der Waals surface area (Å²) in [6.07, 6.45) is 1.27. The molecule has 1 unspecified atom stereocenters. The third-order valence-corrected chi connectivity index (χ3v) is 5.10. The van der Waals surface area contributed by atoms with Gasteiger partial charge in [0.15, 0.2) is 0 Å². The Morgan fingerprint density at radius 3 is 2.69 bits per heavy atom. The van der Waals surface area contributed by atoms with E-state index in [2.05, 4.69) is 10.3 Å². The van der Waals surface area contributed by atoms with Gasteiger partial charge in [0.05, 0.1) is 22.1 Å². The molecule has 0 spiro atoms. The van der Waals surface area contributed by atoms with Crippen molar-refractivity contribution < 1.29 is 14.6 Å². The number of nitrogens with zero attached hydrogens (tertiary/aromatic N) is 2. The maximum atomic E-state index is 12.8. The van der Waals surface area contributed by atoms with E-state index >= 15 is 0 Å². The lowest BCUT2D eigenvalue weighted by atomic mass is 9.91. The van der Waals surface area contributed by atoms with Crippen molar-refractivity contribution in [3.63, 3.8) is 0 Å². The van der Waals surface area contributed by atoms with Crippen LogP contribution in [0.5, 0.6) is 5.75 Å². The molecule has 2 N–H and O–H groups in total. The first kappa shape index (κ1) is 20.6. The highest BCUT2D eigenvalue weighted by Gasteiger charge is 2.28. The van der Waals surface area contributed by atoms with Gasteiger partial charge in [-0.2, -0.15) is 0 Å². The summed E-state index contributed by atoms with van der Waals surface area (Å²) < 4.78 is 7.56. The first-order valence-electron chi connectivity index (χ1n) is 9.63. The van der Waals surface area contributed by atoms with Gasteiger partial charge in [-0.05, 0) is 49.8 Å².